The van der Waals surface area contributed by atoms with Gasteiger partial charge in [-0.3, -0.25) is 0 Å². The standard InChI is InChI=1S/C30H30O3/c1-3-10-24(32-4-2)11-9-20-30(23-16-18-25(19-17-23)33-22-21-31)28-14-7-5-12-26(28)27-13-6-8-15-29(27)30/h3,5-19,31H,1,4,20-22H2,2H3/b11-9-,24-10+. The summed E-state index contributed by atoms with van der Waals surface area (Å²) >= 11 is 0. The summed E-state index contributed by atoms with van der Waals surface area (Å²) in [6, 6.07) is 25.6. The van der Waals surface area contributed by atoms with Crippen LogP contribution in [0.1, 0.15) is 30.0 Å². The summed E-state index contributed by atoms with van der Waals surface area (Å²) in [5.74, 6) is 1.56. The number of aliphatic hydroxyl groups excluding tert-OH is 1. The average molecular weight is 439 g/mol. The molecule has 0 bridgehead atoms. The van der Waals surface area contributed by atoms with Gasteiger partial charge in [0.15, 0.2) is 0 Å². The number of aliphatic hydroxyl groups is 1. The highest BCUT2D eigenvalue weighted by Gasteiger charge is 2.43. The predicted molar refractivity (Wildman–Crippen MR) is 134 cm³/mol. The van der Waals surface area contributed by atoms with Gasteiger partial charge in [0.1, 0.15) is 18.1 Å². The second-order valence-electron chi connectivity index (χ2n) is 7.94. The van der Waals surface area contributed by atoms with Crippen LogP contribution in [0.5, 0.6) is 5.75 Å². The van der Waals surface area contributed by atoms with E-state index in [-0.39, 0.29) is 18.6 Å². The van der Waals surface area contributed by atoms with E-state index in [1.165, 1.54) is 27.8 Å². The van der Waals surface area contributed by atoms with E-state index in [4.69, 9.17) is 14.6 Å². The van der Waals surface area contributed by atoms with Crippen LogP contribution in [0.15, 0.2) is 109 Å². The van der Waals surface area contributed by atoms with Gasteiger partial charge in [-0.1, -0.05) is 79.4 Å². The number of allylic oxidation sites excluding steroid dienone is 4. The van der Waals surface area contributed by atoms with E-state index in [2.05, 4.69) is 73.3 Å². The molecule has 1 aliphatic carbocycles. The monoisotopic (exact) mass is 438 g/mol. The summed E-state index contributed by atoms with van der Waals surface area (Å²) in [5.41, 5.74) is 6.01. The Bertz CT molecular complexity index is 1110. The van der Waals surface area contributed by atoms with Crippen LogP contribution < -0.4 is 4.74 Å². The number of ether oxygens (including phenoxy) is 2. The first-order valence-electron chi connectivity index (χ1n) is 11.4. The van der Waals surface area contributed by atoms with Gasteiger partial charge in [0.2, 0.25) is 0 Å². The summed E-state index contributed by atoms with van der Waals surface area (Å²) < 4.78 is 11.4. The molecule has 1 aliphatic rings. The van der Waals surface area contributed by atoms with Crippen molar-refractivity contribution in [3.63, 3.8) is 0 Å². The van der Waals surface area contributed by atoms with Crippen molar-refractivity contribution in [3.8, 4) is 16.9 Å². The maximum atomic E-state index is 9.08. The lowest BCUT2D eigenvalue weighted by Crippen LogP contribution is -2.26. The maximum absolute atomic E-state index is 9.08. The van der Waals surface area contributed by atoms with Crippen LogP contribution in [0.2, 0.25) is 0 Å². The molecule has 0 saturated heterocycles. The van der Waals surface area contributed by atoms with Gasteiger partial charge in [-0.25, -0.2) is 0 Å². The molecule has 3 aromatic rings. The summed E-state index contributed by atoms with van der Waals surface area (Å²) in [5, 5.41) is 9.08. The molecule has 0 saturated carbocycles. The van der Waals surface area contributed by atoms with E-state index < -0.39 is 0 Å². The zero-order valence-corrected chi connectivity index (χ0v) is 19.0. The quantitative estimate of drug-likeness (QED) is 0.293. The Labute approximate surface area is 196 Å². The second kappa shape index (κ2) is 10.4. The number of rotatable bonds is 10. The smallest absolute Gasteiger partial charge is 0.119 e. The Balaban J connectivity index is 1.84. The highest BCUT2D eigenvalue weighted by molar-refractivity contribution is 5.83. The van der Waals surface area contributed by atoms with Gasteiger partial charge < -0.3 is 14.6 Å². The van der Waals surface area contributed by atoms with Crippen molar-refractivity contribution in [2.75, 3.05) is 19.8 Å². The van der Waals surface area contributed by atoms with Gasteiger partial charge in [-0.2, -0.15) is 0 Å². The van der Waals surface area contributed by atoms with E-state index in [0.717, 1.165) is 17.9 Å². The van der Waals surface area contributed by atoms with Crippen molar-refractivity contribution in [2.24, 2.45) is 0 Å². The molecule has 1 N–H and O–H groups in total. The van der Waals surface area contributed by atoms with E-state index >= 15 is 0 Å². The van der Waals surface area contributed by atoms with Crippen molar-refractivity contribution in [1.29, 1.82) is 0 Å². The molecular formula is C30H30O3. The van der Waals surface area contributed by atoms with Crippen molar-refractivity contribution in [1.82, 2.24) is 0 Å². The van der Waals surface area contributed by atoms with Gasteiger partial charge in [-0.15, -0.1) is 0 Å². The van der Waals surface area contributed by atoms with Crippen LogP contribution in [0.4, 0.5) is 0 Å². The van der Waals surface area contributed by atoms with Crippen molar-refractivity contribution >= 4 is 0 Å². The van der Waals surface area contributed by atoms with Crippen LogP contribution >= 0.6 is 0 Å². The van der Waals surface area contributed by atoms with Crippen LogP contribution in [-0.4, -0.2) is 24.9 Å². The van der Waals surface area contributed by atoms with Gasteiger partial charge in [0, 0.05) is 5.41 Å². The fourth-order valence-electron chi connectivity index (χ4n) is 4.76. The van der Waals surface area contributed by atoms with Crippen molar-refractivity contribution < 1.29 is 14.6 Å². The zero-order chi connectivity index (χ0) is 23.1. The van der Waals surface area contributed by atoms with Crippen LogP contribution in [-0.2, 0) is 10.2 Å². The molecule has 4 rings (SSSR count). The topological polar surface area (TPSA) is 38.7 Å². The third-order valence-electron chi connectivity index (χ3n) is 6.07. The summed E-state index contributed by atoms with van der Waals surface area (Å²) in [4.78, 5) is 0. The van der Waals surface area contributed by atoms with Crippen molar-refractivity contribution in [3.05, 3.63) is 126 Å². The molecule has 0 aromatic heterocycles. The first kappa shape index (κ1) is 22.6. The van der Waals surface area contributed by atoms with Gasteiger partial charge in [0.25, 0.3) is 0 Å². The average Bonchev–Trinajstić information content (AvgIpc) is 3.14. The molecule has 0 atom stereocenters. The van der Waals surface area contributed by atoms with Crippen molar-refractivity contribution in [2.45, 2.75) is 18.8 Å². The zero-order valence-electron chi connectivity index (χ0n) is 19.0. The van der Waals surface area contributed by atoms with Crippen LogP contribution in [0.25, 0.3) is 11.1 Å². The molecule has 0 amide bonds. The number of hydrogen-bond donors (Lipinski definition) is 1. The SMILES string of the molecule is C=C/C=C(\C=C/CC1(c2ccc(OCCO)cc2)c2ccccc2-c2ccccc21)OCC. The fraction of sp³-hybridized carbons (Fsp3) is 0.200. The van der Waals surface area contributed by atoms with Gasteiger partial charge in [-0.05, 0) is 65.4 Å². The summed E-state index contributed by atoms with van der Waals surface area (Å²) in [6.45, 7) is 6.67. The third kappa shape index (κ3) is 4.37. The van der Waals surface area contributed by atoms with Gasteiger partial charge in [0.05, 0.1) is 13.2 Å². The summed E-state index contributed by atoms with van der Waals surface area (Å²) in [7, 11) is 0. The Morgan fingerprint density at radius 1 is 0.939 bits per heavy atom. The van der Waals surface area contributed by atoms with E-state index in [0.29, 0.717) is 6.61 Å². The first-order valence-corrected chi connectivity index (χ1v) is 11.4. The highest BCUT2D eigenvalue weighted by atomic mass is 16.5. The normalized spacial score (nSPS) is 14.1. The summed E-state index contributed by atoms with van der Waals surface area (Å²) in [6.07, 6.45) is 8.64. The Kier molecular flexibility index (Phi) is 7.11. The molecule has 33 heavy (non-hydrogen) atoms. The van der Waals surface area contributed by atoms with E-state index in [9.17, 15) is 0 Å². The molecule has 0 spiro atoms. The molecule has 3 nitrogen and oxygen atoms in total. The predicted octanol–water partition coefficient (Wildman–Crippen LogP) is 6.43. The molecule has 0 unspecified atom stereocenters. The Hall–Kier alpha value is -3.56. The lowest BCUT2D eigenvalue weighted by molar-refractivity contribution is 0.201. The molecular weight excluding hydrogens is 408 g/mol. The van der Waals surface area contributed by atoms with E-state index in [1.807, 2.05) is 31.2 Å². The third-order valence-corrected chi connectivity index (χ3v) is 6.07. The molecule has 0 heterocycles. The lowest BCUT2D eigenvalue weighted by Gasteiger charge is -2.32. The Morgan fingerprint density at radius 3 is 2.15 bits per heavy atom. The molecule has 3 heteroatoms. The number of hydrogen-bond acceptors (Lipinski definition) is 3. The number of benzene rings is 3. The first-order chi connectivity index (χ1) is 16.2. The second-order valence-corrected chi connectivity index (χ2v) is 7.94. The van der Waals surface area contributed by atoms with E-state index in [1.54, 1.807) is 6.08 Å². The van der Waals surface area contributed by atoms with Crippen LogP contribution in [0, 0.1) is 0 Å². The lowest BCUT2D eigenvalue weighted by atomic mass is 9.70. The highest BCUT2D eigenvalue weighted by Crippen LogP contribution is 2.54. The molecule has 0 aliphatic heterocycles. The minimum Gasteiger partial charge on any atom is -0.494 e. The minimum atomic E-state index is -0.329. The maximum Gasteiger partial charge on any atom is 0.119 e. The number of fused-ring (bicyclic) bond motifs is 3. The largest absolute Gasteiger partial charge is 0.494 e. The van der Waals surface area contributed by atoms with Gasteiger partial charge >= 0.3 is 0 Å². The minimum absolute atomic E-state index is 0.00236. The Morgan fingerprint density at radius 2 is 1.58 bits per heavy atom. The molecule has 3 aromatic carbocycles. The van der Waals surface area contributed by atoms with Crippen LogP contribution in [0.3, 0.4) is 0 Å². The fourth-order valence-corrected chi connectivity index (χ4v) is 4.76. The molecule has 0 radical (unpaired) electrons. The molecule has 0 fully saturated rings. The molecule has 168 valence electrons.